The summed E-state index contributed by atoms with van der Waals surface area (Å²) in [6.45, 7) is 5.08. The number of hydrogen-bond donors (Lipinski definition) is 2. The Morgan fingerprint density at radius 2 is 2.05 bits per heavy atom. The maximum Gasteiger partial charge on any atom is 0.318 e. The maximum atomic E-state index is 12.3. The van der Waals surface area contributed by atoms with Gasteiger partial charge in [-0.2, -0.15) is 0 Å². The van der Waals surface area contributed by atoms with Crippen LogP contribution in [-0.4, -0.2) is 34.2 Å². The molecule has 2 amide bonds. The second-order valence-electron chi connectivity index (χ2n) is 5.03. The fourth-order valence-electron chi connectivity index (χ4n) is 2.18. The SMILES string of the molecule is Cc1nc(CNC(=O)N(CCO)Cc2ccccc2)c(C)s1. The molecular weight excluding hydrogens is 298 g/mol. The van der Waals surface area contributed by atoms with Crippen LogP contribution in [0.2, 0.25) is 0 Å². The molecule has 0 atom stereocenters. The normalized spacial score (nSPS) is 10.5. The number of carbonyl (C=O) groups excluding carboxylic acids is 1. The molecule has 0 spiro atoms. The second-order valence-corrected chi connectivity index (χ2v) is 6.43. The predicted octanol–water partition coefficient (Wildman–Crippen LogP) is 2.46. The van der Waals surface area contributed by atoms with Crippen molar-refractivity contribution in [3.63, 3.8) is 0 Å². The maximum absolute atomic E-state index is 12.3. The topological polar surface area (TPSA) is 65.5 Å². The first-order chi connectivity index (χ1) is 10.6. The van der Waals surface area contributed by atoms with E-state index >= 15 is 0 Å². The van der Waals surface area contributed by atoms with E-state index in [1.807, 2.05) is 44.2 Å². The molecule has 0 aliphatic rings. The minimum atomic E-state index is -0.192. The number of urea groups is 1. The number of rotatable bonds is 6. The van der Waals surface area contributed by atoms with Gasteiger partial charge in [0, 0.05) is 18.0 Å². The van der Waals surface area contributed by atoms with Crippen LogP contribution < -0.4 is 5.32 Å². The lowest BCUT2D eigenvalue weighted by Crippen LogP contribution is -2.40. The number of aromatic nitrogens is 1. The van der Waals surface area contributed by atoms with Crippen LogP contribution in [-0.2, 0) is 13.1 Å². The smallest absolute Gasteiger partial charge is 0.318 e. The van der Waals surface area contributed by atoms with Crippen LogP contribution >= 0.6 is 11.3 Å². The largest absolute Gasteiger partial charge is 0.395 e. The molecular formula is C16H21N3O2S. The minimum absolute atomic E-state index is 0.0604. The van der Waals surface area contributed by atoms with Gasteiger partial charge < -0.3 is 15.3 Å². The number of aliphatic hydroxyl groups is 1. The van der Waals surface area contributed by atoms with Crippen LogP contribution in [0.4, 0.5) is 4.79 Å². The lowest BCUT2D eigenvalue weighted by atomic mass is 10.2. The molecule has 0 saturated heterocycles. The van der Waals surface area contributed by atoms with Crippen molar-refractivity contribution in [2.24, 2.45) is 0 Å². The van der Waals surface area contributed by atoms with Gasteiger partial charge in [0.25, 0.3) is 0 Å². The summed E-state index contributed by atoms with van der Waals surface area (Å²) in [7, 11) is 0. The Labute approximate surface area is 134 Å². The molecule has 2 N–H and O–H groups in total. The van der Waals surface area contributed by atoms with E-state index in [0.717, 1.165) is 21.1 Å². The average molecular weight is 319 g/mol. The molecule has 0 aliphatic heterocycles. The molecule has 2 aromatic rings. The Bertz CT molecular complexity index is 613. The van der Waals surface area contributed by atoms with E-state index in [1.54, 1.807) is 16.2 Å². The summed E-state index contributed by atoms with van der Waals surface area (Å²) in [6.07, 6.45) is 0. The number of aryl methyl sites for hydroxylation is 2. The summed E-state index contributed by atoms with van der Waals surface area (Å²) < 4.78 is 0. The van der Waals surface area contributed by atoms with Gasteiger partial charge in [-0.25, -0.2) is 9.78 Å². The molecule has 2 rings (SSSR count). The first kappa shape index (κ1) is 16.5. The number of amides is 2. The van der Waals surface area contributed by atoms with Crippen molar-refractivity contribution in [3.8, 4) is 0 Å². The zero-order chi connectivity index (χ0) is 15.9. The number of aliphatic hydroxyl groups excluding tert-OH is 1. The highest BCUT2D eigenvalue weighted by Crippen LogP contribution is 2.16. The highest BCUT2D eigenvalue weighted by atomic mass is 32.1. The minimum Gasteiger partial charge on any atom is -0.395 e. The van der Waals surface area contributed by atoms with Crippen molar-refractivity contribution in [2.45, 2.75) is 26.9 Å². The highest BCUT2D eigenvalue weighted by molar-refractivity contribution is 7.11. The molecule has 1 aromatic carbocycles. The van der Waals surface area contributed by atoms with Gasteiger partial charge in [0.1, 0.15) is 0 Å². The van der Waals surface area contributed by atoms with Gasteiger partial charge in [-0.05, 0) is 19.4 Å². The Hall–Kier alpha value is -1.92. The van der Waals surface area contributed by atoms with E-state index in [4.69, 9.17) is 5.11 Å². The molecule has 0 saturated carbocycles. The van der Waals surface area contributed by atoms with Gasteiger partial charge in [-0.15, -0.1) is 11.3 Å². The van der Waals surface area contributed by atoms with Crippen LogP contribution in [0.25, 0.3) is 0 Å². The molecule has 6 heteroatoms. The molecule has 1 aromatic heterocycles. The quantitative estimate of drug-likeness (QED) is 0.859. The van der Waals surface area contributed by atoms with Crippen molar-refractivity contribution in [3.05, 3.63) is 51.5 Å². The second kappa shape index (κ2) is 7.91. The van der Waals surface area contributed by atoms with E-state index in [2.05, 4.69) is 10.3 Å². The summed E-state index contributed by atoms with van der Waals surface area (Å²) >= 11 is 1.63. The van der Waals surface area contributed by atoms with E-state index in [0.29, 0.717) is 19.6 Å². The molecule has 118 valence electrons. The third-order valence-electron chi connectivity index (χ3n) is 3.28. The van der Waals surface area contributed by atoms with Gasteiger partial charge in [0.05, 0.1) is 23.9 Å². The lowest BCUT2D eigenvalue weighted by Gasteiger charge is -2.22. The van der Waals surface area contributed by atoms with Crippen LogP contribution in [0.5, 0.6) is 0 Å². The highest BCUT2D eigenvalue weighted by Gasteiger charge is 2.14. The zero-order valence-corrected chi connectivity index (χ0v) is 13.7. The Morgan fingerprint density at radius 1 is 1.32 bits per heavy atom. The molecule has 0 unspecified atom stereocenters. The Balaban J connectivity index is 1.96. The third-order valence-corrected chi connectivity index (χ3v) is 4.21. The van der Waals surface area contributed by atoms with Gasteiger partial charge in [-0.1, -0.05) is 30.3 Å². The summed E-state index contributed by atoms with van der Waals surface area (Å²) in [5, 5.41) is 13.0. The van der Waals surface area contributed by atoms with Crippen LogP contribution in [0, 0.1) is 13.8 Å². The fraction of sp³-hybridized carbons (Fsp3) is 0.375. The van der Waals surface area contributed by atoms with E-state index in [1.165, 1.54) is 0 Å². The molecule has 0 radical (unpaired) electrons. The molecule has 1 heterocycles. The standard InChI is InChI=1S/C16H21N3O2S/c1-12-15(18-13(2)22-12)10-17-16(21)19(8-9-20)11-14-6-4-3-5-7-14/h3-7,20H,8-11H2,1-2H3,(H,17,21). The Morgan fingerprint density at radius 3 is 2.64 bits per heavy atom. The summed E-state index contributed by atoms with van der Waals surface area (Å²) in [5.41, 5.74) is 1.94. The number of hydrogen-bond acceptors (Lipinski definition) is 4. The number of carbonyl (C=O) groups is 1. The van der Waals surface area contributed by atoms with Crippen molar-refractivity contribution in [2.75, 3.05) is 13.2 Å². The summed E-state index contributed by atoms with van der Waals surface area (Å²) in [4.78, 5) is 19.4. The van der Waals surface area contributed by atoms with Crippen molar-refractivity contribution < 1.29 is 9.90 Å². The molecule has 0 bridgehead atoms. The van der Waals surface area contributed by atoms with E-state index < -0.39 is 0 Å². The number of nitrogens with zero attached hydrogens (tertiary/aromatic N) is 2. The molecule has 22 heavy (non-hydrogen) atoms. The predicted molar refractivity (Wildman–Crippen MR) is 87.8 cm³/mol. The molecule has 0 aliphatic carbocycles. The number of benzene rings is 1. The third kappa shape index (κ3) is 4.54. The molecule has 0 fully saturated rings. The van der Waals surface area contributed by atoms with Crippen LogP contribution in [0.1, 0.15) is 21.1 Å². The summed E-state index contributed by atoms with van der Waals surface area (Å²) in [6, 6.07) is 9.55. The van der Waals surface area contributed by atoms with Gasteiger partial charge in [0.15, 0.2) is 0 Å². The average Bonchev–Trinajstić information content (AvgIpc) is 2.83. The van der Waals surface area contributed by atoms with Crippen molar-refractivity contribution in [1.29, 1.82) is 0 Å². The Kier molecular flexibility index (Phi) is 5.91. The van der Waals surface area contributed by atoms with Crippen molar-refractivity contribution >= 4 is 17.4 Å². The summed E-state index contributed by atoms with van der Waals surface area (Å²) in [5.74, 6) is 0. The van der Waals surface area contributed by atoms with E-state index in [-0.39, 0.29) is 12.6 Å². The fourth-order valence-corrected chi connectivity index (χ4v) is 3.02. The van der Waals surface area contributed by atoms with Gasteiger partial charge in [-0.3, -0.25) is 0 Å². The molecule has 5 nitrogen and oxygen atoms in total. The van der Waals surface area contributed by atoms with Crippen molar-refractivity contribution in [1.82, 2.24) is 15.2 Å². The monoisotopic (exact) mass is 319 g/mol. The lowest BCUT2D eigenvalue weighted by molar-refractivity contribution is 0.173. The van der Waals surface area contributed by atoms with Gasteiger partial charge >= 0.3 is 6.03 Å². The van der Waals surface area contributed by atoms with Crippen LogP contribution in [0.3, 0.4) is 0 Å². The first-order valence-corrected chi connectivity index (χ1v) is 8.02. The number of nitrogens with one attached hydrogen (secondary N) is 1. The van der Waals surface area contributed by atoms with E-state index in [9.17, 15) is 4.79 Å². The van der Waals surface area contributed by atoms with Gasteiger partial charge in [0.2, 0.25) is 0 Å². The zero-order valence-electron chi connectivity index (χ0n) is 12.9. The van der Waals surface area contributed by atoms with Crippen LogP contribution in [0.15, 0.2) is 30.3 Å². The number of thiazole rings is 1. The first-order valence-electron chi connectivity index (χ1n) is 7.20.